The molecule has 0 aliphatic carbocycles. The Balaban J connectivity index is 1.16. The third kappa shape index (κ3) is 7.13. The first-order chi connectivity index (χ1) is 26.7. The van der Waals surface area contributed by atoms with Crippen LogP contribution in [0.2, 0.25) is 0 Å². The molecule has 6 heteroatoms. The Hall–Kier alpha value is -3.93. The zero-order chi connectivity index (χ0) is 39.7. The molecule has 280 valence electrons. The Labute approximate surface area is 351 Å². The molecule has 0 amide bonds. The summed E-state index contributed by atoms with van der Waals surface area (Å²) in [6.45, 7) is 27.7. The molecule has 0 saturated carbocycles. The lowest BCUT2D eigenvalue weighted by atomic mass is 9.37. The fourth-order valence-corrected chi connectivity index (χ4v) is 14.6. The molecule has 0 N–H and O–H groups in total. The van der Waals surface area contributed by atoms with Gasteiger partial charge in [0, 0.05) is 28.9 Å². The molecule has 0 unspecified atom stereocenters. The van der Waals surface area contributed by atoms with E-state index >= 15 is 0 Å². The maximum atomic E-state index is 2.44. The van der Waals surface area contributed by atoms with Crippen LogP contribution in [0.1, 0.15) is 66.8 Å². The minimum atomic E-state index is 0.208. The van der Waals surface area contributed by atoms with Crippen molar-refractivity contribution in [1.29, 1.82) is 0 Å². The average Bonchev–Trinajstić information content (AvgIpc) is 3.89. The number of hydrogen-bond donors (Lipinski definition) is 0. The second kappa shape index (κ2) is 15.1. The van der Waals surface area contributed by atoms with Crippen molar-refractivity contribution in [2.45, 2.75) is 83.1 Å². The van der Waals surface area contributed by atoms with E-state index in [4.69, 9.17) is 0 Å². The summed E-state index contributed by atoms with van der Waals surface area (Å²) in [5.41, 5.74) is 22.1. The molecule has 8 rings (SSSR count). The van der Waals surface area contributed by atoms with Crippen LogP contribution in [0.25, 0.3) is 28.9 Å². The van der Waals surface area contributed by atoms with Crippen LogP contribution in [0.15, 0.2) is 84.9 Å². The van der Waals surface area contributed by atoms with Gasteiger partial charge in [0.05, 0.1) is 0 Å². The van der Waals surface area contributed by atoms with Crippen LogP contribution in [0.3, 0.4) is 0 Å². The zero-order valence-electron chi connectivity index (χ0n) is 34.9. The molecular weight excluding hydrogens is 750 g/mol. The molecule has 4 heterocycles. The summed E-state index contributed by atoms with van der Waals surface area (Å²) in [7, 11) is 0. The third-order valence-electron chi connectivity index (χ3n) is 11.6. The van der Waals surface area contributed by atoms with Crippen LogP contribution < -0.4 is 31.4 Å². The SMILES string of the molecule is Cc1cc(C)c(B(c2ccc(-c3cc4sc(-c5ccc(B(c6c(C)cc(C)cc6C)c6c(C)cc(C)cc6C)s5)cc4s3)s2)c2c(C)cc(C)cc2C)c(C)c1. The molecular formula is C50H50B2S4. The average molecular weight is 801 g/mol. The van der Waals surface area contributed by atoms with E-state index in [1.807, 2.05) is 45.3 Å². The summed E-state index contributed by atoms with van der Waals surface area (Å²) in [6, 6.07) is 33.3. The molecule has 0 atom stereocenters. The van der Waals surface area contributed by atoms with E-state index in [2.05, 4.69) is 168 Å². The minimum Gasteiger partial charge on any atom is -0.148 e. The molecule has 4 aromatic carbocycles. The highest BCUT2D eigenvalue weighted by atomic mass is 32.1. The van der Waals surface area contributed by atoms with Crippen LogP contribution in [0, 0.1) is 83.1 Å². The third-order valence-corrected chi connectivity index (χ3v) is 16.6. The van der Waals surface area contributed by atoms with Crippen molar-refractivity contribution in [3.05, 3.63) is 152 Å². The number of rotatable bonds is 8. The van der Waals surface area contributed by atoms with Crippen LogP contribution in [-0.2, 0) is 0 Å². The second-order valence-corrected chi connectivity index (χ2v) is 20.9. The predicted molar refractivity (Wildman–Crippen MR) is 258 cm³/mol. The van der Waals surface area contributed by atoms with Crippen molar-refractivity contribution in [3.8, 4) is 19.5 Å². The number of benzene rings is 4. The van der Waals surface area contributed by atoms with Crippen LogP contribution >= 0.6 is 45.3 Å². The van der Waals surface area contributed by atoms with Crippen molar-refractivity contribution in [2.24, 2.45) is 0 Å². The summed E-state index contributed by atoms with van der Waals surface area (Å²) >= 11 is 7.83. The lowest BCUT2D eigenvalue weighted by molar-refractivity contribution is 1.34. The standard InChI is InChI=1S/C50H50B2S4/c1-27-17-31(5)47(32(6)18-27)51(48-33(7)19-28(2)20-34(48)8)45-15-13-39(55-45)41-25-43-44(53-41)26-42(54-43)40-14-16-46(56-40)52(49-35(9)21-29(3)22-36(49)10)50-37(11)23-30(4)24-38(50)12/h13-26H,1-12H3. The normalized spacial score (nSPS) is 11.6. The summed E-state index contributed by atoms with van der Waals surface area (Å²) in [4.78, 5) is 5.45. The second-order valence-electron chi connectivity index (χ2n) is 16.5. The smallest absolute Gasteiger partial charge is 0.148 e. The van der Waals surface area contributed by atoms with E-state index in [1.54, 1.807) is 0 Å². The molecule has 56 heavy (non-hydrogen) atoms. The van der Waals surface area contributed by atoms with Gasteiger partial charge in [-0.2, -0.15) is 0 Å². The maximum absolute atomic E-state index is 2.44. The molecule has 0 fully saturated rings. The number of aryl methyl sites for hydroxylation is 12. The zero-order valence-corrected chi connectivity index (χ0v) is 38.1. The van der Waals surface area contributed by atoms with Gasteiger partial charge < -0.3 is 0 Å². The summed E-state index contributed by atoms with van der Waals surface area (Å²) in [5, 5.41) is 0. The fraction of sp³-hybridized carbons (Fsp3) is 0.240. The molecule has 0 radical (unpaired) electrons. The van der Waals surface area contributed by atoms with E-state index in [0.717, 1.165) is 0 Å². The molecule has 0 bridgehead atoms. The lowest BCUT2D eigenvalue weighted by Crippen LogP contribution is -2.54. The first kappa shape index (κ1) is 38.9. The summed E-state index contributed by atoms with van der Waals surface area (Å²) in [6.07, 6.45) is 0. The van der Waals surface area contributed by atoms with E-state index in [0.29, 0.717) is 0 Å². The minimum absolute atomic E-state index is 0.208. The van der Waals surface area contributed by atoms with Gasteiger partial charge in [0.25, 0.3) is 13.4 Å². The lowest BCUT2D eigenvalue weighted by Gasteiger charge is -2.23. The van der Waals surface area contributed by atoms with Gasteiger partial charge >= 0.3 is 0 Å². The highest BCUT2D eigenvalue weighted by Gasteiger charge is 2.32. The van der Waals surface area contributed by atoms with Crippen molar-refractivity contribution >= 4 is 99.6 Å². The number of fused-ring (bicyclic) bond motifs is 1. The number of thiophene rings is 4. The topological polar surface area (TPSA) is 0 Å². The van der Waals surface area contributed by atoms with Crippen molar-refractivity contribution in [1.82, 2.24) is 0 Å². The fourth-order valence-electron chi connectivity index (χ4n) is 9.80. The van der Waals surface area contributed by atoms with Gasteiger partial charge in [-0.3, -0.25) is 0 Å². The van der Waals surface area contributed by atoms with E-state index < -0.39 is 0 Å². The van der Waals surface area contributed by atoms with Gasteiger partial charge in [0.15, 0.2) is 0 Å². The van der Waals surface area contributed by atoms with Gasteiger partial charge in [-0.05, 0) is 117 Å². The Morgan fingerprint density at radius 1 is 0.286 bits per heavy atom. The maximum Gasteiger partial charge on any atom is 0.255 e. The molecule has 4 aromatic heterocycles. The van der Waals surface area contributed by atoms with Gasteiger partial charge in [-0.15, -0.1) is 45.3 Å². The summed E-state index contributed by atoms with van der Waals surface area (Å²) < 4.78 is 5.59. The highest BCUT2D eigenvalue weighted by Crippen LogP contribution is 2.43. The monoisotopic (exact) mass is 800 g/mol. The van der Waals surface area contributed by atoms with Crippen LogP contribution in [0.4, 0.5) is 0 Å². The molecule has 0 nitrogen and oxygen atoms in total. The molecule has 0 aliphatic rings. The van der Waals surface area contributed by atoms with E-state index in [-0.39, 0.29) is 13.4 Å². The van der Waals surface area contributed by atoms with Crippen LogP contribution in [-0.4, -0.2) is 13.4 Å². The molecule has 0 spiro atoms. The van der Waals surface area contributed by atoms with Gasteiger partial charge in [-0.25, -0.2) is 0 Å². The van der Waals surface area contributed by atoms with Gasteiger partial charge in [-0.1, -0.05) is 149 Å². The van der Waals surface area contributed by atoms with Gasteiger partial charge in [0.1, 0.15) is 0 Å². The molecule has 0 aliphatic heterocycles. The molecule has 8 aromatic rings. The highest BCUT2D eigenvalue weighted by molar-refractivity contribution is 7.36. The Bertz CT molecular complexity index is 2380. The van der Waals surface area contributed by atoms with Gasteiger partial charge in [0.2, 0.25) is 0 Å². The van der Waals surface area contributed by atoms with Crippen molar-refractivity contribution in [2.75, 3.05) is 0 Å². The first-order valence-electron chi connectivity index (χ1n) is 19.7. The van der Waals surface area contributed by atoms with E-state index in [9.17, 15) is 0 Å². The predicted octanol–water partition coefficient (Wildman–Crippen LogP) is 11.2. The van der Waals surface area contributed by atoms with E-state index in [1.165, 1.54) is 127 Å². The number of hydrogen-bond acceptors (Lipinski definition) is 4. The Kier molecular flexibility index (Phi) is 10.5. The van der Waals surface area contributed by atoms with Crippen molar-refractivity contribution in [3.63, 3.8) is 0 Å². The van der Waals surface area contributed by atoms with Crippen molar-refractivity contribution < 1.29 is 0 Å². The Morgan fingerprint density at radius 3 is 0.786 bits per heavy atom. The largest absolute Gasteiger partial charge is 0.255 e. The van der Waals surface area contributed by atoms with Crippen LogP contribution in [0.5, 0.6) is 0 Å². The quantitative estimate of drug-likeness (QED) is 0.134. The first-order valence-corrected chi connectivity index (χ1v) is 23.0. The Morgan fingerprint density at radius 2 is 0.536 bits per heavy atom. The summed E-state index contributed by atoms with van der Waals surface area (Å²) in [5.74, 6) is 0. The molecule has 0 saturated heterocycles.